The van der Waals surface area contributed by atoms with Crippen LogP contribution in [0.15, 0.2) is 58.6 Å². The fourth-order valence-electron chi connectivity index (χ4n) is 1.50. The molecule has 5 nitrogen and oxygen atoms in total. The number of carbonyl (C=O) groups is 1. The molecule has 2 aromatic rings. The van der Waals surface area contributed by atoms with Gasteiger partial charge >= 0.3 is 5.97 Å². The Kier molecular flexibility index (Phi) is 3.12. The number of hydrogen-bond donors (Lipinski definition) is 1. The van der Waals surface area contributed by atoms with E-state index < -0.39 is 15.8 Å². The summed E-state index contributed by atoms with van der Waals surface area (Å²) in [6, 6.07) is 8.86. The van der Waals surface area contributed by atoms with Crippen LogP contribution in [-0.2, 0) is 9.84 Å². The fraction of sp³-hybridized carbons (Fsp3) is 0. The Bertz CT molecular complexity index is 680. The van der Waals surface area contributed by atoms with E-state index >= 15 is 0 Å². The van der Waals surface area contributed by atoms with Gasteiger partial charge in [-0.2, -0.15) is 0 Å². The highest BCUT2D eigenvalue weighted by Crippen LogP contribution is 2.23. The SMILES string of the molecule is O=C(O)c1cnccc1S(=O)(=O)c1ccccc1. The first-order valence-electron chi connectivity index (χ1n) is 5.01. The molecule has 1 aromatic carbocycles. The third kappa shape index (κ3) is 2.10. The number of aromatic nitrogens is 1. The van der Waals surface area contributed by atoms with E-state index in [1.54, 1.807) is 18.2 Å². The van der Waals surface area contributed by atoms with Gasteiger partial charge in [-0.3, -0.25) is 4.98 Å². The monoisotopic (exact) mass is 263 g/mol. The minimum atomic E-state index is -3.84. The summed E-state index contributed by atoms with van der Waals surface area (Å²) in [7, 11) is -3.84. The van der Waals surface area contributed by atoms with Crippen molar-refractivity contribution in [3.8, 4) is 0 Å². The number of carboxylic acid groups (broad SMARTS) is 1. The van der Waals surface area contributed by atoms with Crippen LogP contribution in [0.1, 0.15) is 10.4 Å². The normalized spacial score (nSPS) is 11.1. The Balaban J connectivity index is 2.66. The maximum absolute atomic E-state index is 12.3. The zero-order chi connectivity index (χ0) is 13.2. The summed E-state index contributed by atoms with van der Waals surface area (Å²) in [5, 5.41) is 8.97. The molecule has 0 amide bonds. The lowest BCUT2D eigenvalue weighted by Gasteiger charge is -2.06. The molecule has 0 aliphatic heterocycles. The molecule has 6 heteroatoms. The predicted molar refractivity (Wildman–Crippen MR) is 63.1 cm³/mol. The molecule has 0 spiro atoms. The highest BCUT2D eigenvalue weighted by Gasteiger charge is 2.23. The third-order valence-corrected chi connectivity index (χ3v) is 4.18. The minimum absolute atomic E-state index is 0.0544. The van der Waals surface area contributed by atoms with Crippen LogP contribution in [0.25, 0.3) is 0 Å². The summed E-state index contributed by atoms with van der Waals surface area (Å²) in [5.74, 6) is -1.32. The standard InChI is InChI=1S/C12H9NO4S/c14-12(15)10-8-13-7-6-11(10)18(16,17)9-4-2-1-3-5-9/h1-8H,(H,14,15). The molecule has 1 heterocycles. The van der Waals surface area contributed by atoms with Gasteiger partial charge < -0.3 is 5.11 Å². The van der Waals surface area contributed by atoms with Crippen LogP contribution in [0.4, 0.5) is 0 Å². The molecule has 0 aliphatic carbocycles. The van der Waals surface area contributed by atoms with Crippen LogP contribution in [0.3, 0.4) is 0 Å². The topological polar surface area (TPSA) is 84.3 Å². The zero-order valence-corrected chi connectivity index (χ0v) is 9.96. The van der Waals surface area contributed by atoms with Crippen molar-refractivity contribution in [3.05, 3.63) is 54.4 Å². The van der Waals surface area contributed by atoms with Gasteiger partial charge in [0.25, 0.3) is 0 Å². The van der Waals surface area contributed by atoms with E-state index in [9.17, 15) is 13.2 Å². The van der Waals surface area contributed by atoms with E-state index in [2.05, 4.69) is 4.98 Å². The summed E-state index contributed by atoms with van der Waals surface area (Å²) in [5.41, 5.74) is -0.332. The first kappa shape index (κ1) is 12.3. The fourth-order valence-corrected chi connectivity index (χ4v) is 2.94. The predicted octanol–water partition coefficient (Wildman–Crippen LogP) is 1.61. The highest BCUT2D eigenvalue weighted by molar-refractivity contribution is 7.91. The van der Waals surface area contributed by atoms with Crippen molar-refractivity contribution in [1.29, 1.82) is 0 Å². The molecule has 18 heavy (non-hydrogen) atoms. The van der Waals surface area contributed by atoms with Gasteiger partial charge in [0.05, 0.1) is 15.4 Å². The van der Waals surface area contributed by atoms with E-state index in [1.165, 1.54) is 24.4 Å². The Hall–Kier alpha value is -2.21. The average molecular weight is 263 g/mol. The number of carboxylic acids is 1. The average Bonchev–Trinajstić information content (AvgIpc) is 2.39. The lowest BCUT2D eigenvalue weighted by atomic mass is 10.3. The molecular weight excluding hydrogens is 254 g/mol. The summed E-state index contributed by atoms with van der Waals surface area (Å²) in [4.78, 5) is 14.4. The van der Waals surface area contributed by atoms with Gasteiger partial charge in [0.15, 0.2) is 0 Å². The summed E-state index contributed by atoms with van der Waals surface area (Å²) in [6.07, 6.45) is 2.28. The first-order chi connectivity index (χ1) is 8.53. The van der Waals surface area contributed by atoms with Crippen molar-refractivity contribution in [1.82, 2.24) is 4.98 Å². The molecule has 1 aromatic heterocycles. The molecule has 0 saturated carbocycles. The van der Waals surface area contributed by atoms with Crippen molar-refractivity contribution in [2.75, 3.05) is 0 Å². The number of benzene rings is 1. The highest BCUT2D eigenvalue weighted by atomic mass is 32.2. The Morgan fingerprint density at radius 1 is 1.11 bits per heavy atom. The van der Waals surface area contributed by atoms with Crippen molar-refractivity contribution in [2.45, 2.75) is 9.79 Å². The van der Waals surface area contributed by atoms with Crippen molar-refractivity contribution < 1.29 is 18.3 Å². The molecule has 2 rings (SSSR count). The number of hydrogen-bond acceptors (Lipinski definition) is 4. The molecule has 0 unspecified atom stereocenters. The van der Waals surface area contributed by atoms with Gasteiger partial charge in [-0.1, -0.05) is 18.2 Å². The number of aromatic carboxylic acids is 1. The number of sulfone groups is 1. The Morgan fingerprint density at radius 2 is 1.78 bits per heavy atom. The lowest BCUT2D eigenvalue weighted by Crippen LogP contribution is -2.09. The smallest absolute Gasteiger partial charge is 0.338 e. The lowest BCUT2D eigenvalue weighted by molar-refractivity contribution is 0.0692. The first-order valence-corrected chi connectivity index (χ1v) is 6.49. The van der Waals surface area contributed by atoms with Gasteiger partial charge in [-0.15, -0.1) is 0 Å². The Labute approximate surface area is 104 Å². The van der Waals surface area contributed by atoms with Gasteiger partial charge in [-0.25, -0.2) is 13.2 Å². The molecule has 92 valence electrons. The summed E-state index contributed by atoms with van der Waals surface area (Å²) < 4.78 is 24.5. The number of rotatable bonds is 3. The van der Waals surface area contributed by atoms with E-state index in [0.29, 0.717) is 0 Å². The quantitative estimate of drug-likeness (QED) is 0.909. The van der Waals surface area contributed by atoms with Crippen LogP contribution in [0.2, 0.25) is 0 Å². The second-order valence-corrected chi connectivity index (χ2v) is 5.41. The van der Waals surface area contributed by atoms with Crippen LogP contribution in [-0.4, -0.2) is 24.5 Å². The number of pyridine rings is 1. The maximum atomic E-state index is 12.3. The van der Waals surface area contributed by atoms with Gasteiger partial charge in [0.1, 0.15) is 0 Å². The molecule has 0 fully saturated rings. The molecule has 0 bridgehead atoms. The molecule has 1 N–H and O–H groups in total. The van der Waals surface area contributed by atoms with E-state index in [-0.39, 0.29) is 15.4 Å². The molecule has 0 radical (unpaired) electrons. The van der Waals surface area contributed by atoms with E-state index in [0.717, 1.165) is 6.20 Å². The van der Waals surface area contributed by atoms with E-state index in [4.69, 9.17) is 5.11 Å². The van der Waals surface area contributed by atoms with Crippen molar-refractivity contribution in [2.24, 2.45) is 0 Å². The summed E-state index contributed by atoms with van der Waals surface area (Å²) >= 11 is 0. The minimum Gasteiger partial charge on any atom is -0.478 e. The van der Waals surface area contributed by atoms with Crippen molar-refractivity contribution >= 4 is 15.8 Å². The van der Waals surface area contributed by atoms with Gasteiger partial charge in [-0.05, 0) is 18.2 Å². The van der Waals surface area contributed by atoms with Crippen LogP contribution >= 0.6 is 0 Å². The second kappa shape index (κ2) is 4.58. The largest absolute Gasteiger partial charge is 0.478 e. The zero-order valence-electron chi connectivity index (χ0n) is 9.15. The van der Waals surface area contributed by atoms with Crippen molar-refractivity contribution in [3.63, 3.8) is 0 Å². The maximum Gasteiger partial charge on any atom is 0.338 e. The summed E-state index contributed by atoms with van der Waals surface area (Å²) in [6.45, 7) is 0. The molecular formula is C12H9NO4S. The van der Waals surface area contributed by atoms with Crippen LogP contribution < -0.4 is 0 Å². The third-order valence-electron chi connectivity index (χ3n) is 2.35. The van der Waals surface area contributed by atoms with Crippen LogP contribution in [0.5, 0.6) is 0 Å². The molecule has 0 saturated heterocycles. The van der Waals surface area contributed by atoms with Gasteiger partial charge in [0, 0.05) is 12.4 Å². The van der Waals surface area contributed by atoms with E-state index in [1.807, 2.05) is 0 Å². The second-order valence-electron chi connectivity index (χ2n) is 3.49. The Morgan fingerprint density at radius 3 is 2.39 bits per heavy atom. The van der Waals surface area contributed by atoms with Crippen LogP contribution in [0, 0.1) is 0 Å². The molecule has 0 aliphatic rings. The molecule has 0 atom stereocenters. The number of nitrogens with zero attached hydrogens (tertiary/aromatic N) is 1. The van der Waals surface area contributed by atoms with Gasteiger partial charge in [0.2, 0.25) is 9.84 Å².